The Kier molecular flexibility index (Phi) is 7.38. The zero-order valence-corrected chi connectivity index (χ0v) is 18.9. The molecule has 1 saturated heterocycles. The predicted molar refractivity (Wildman–Crippen MR) is 125 cm³/mol. The Morgan fingerprint density at radius 1 is 1.21 bits per heavy atom. The topological polar surface area (TPSA) is 130 Å². The number of hydrogen-bond acceptors (Lipinski definition) is 7. The van der Waals surface area contributed by atoms with Gasteiger partial charge in [-0.25, -0.2) is 4.98 Å². The van der Waals surface area contributed by atoms with E-state index in [-0.39, 0.29) is 18.1 Å². The van der Waals surface area contributed by atoms with E-state index in [1.54, 1.807) is 48.7 Å². The van der Waals surface area contributed by atoms with Crippen LogP contribution in [0.1, 0.15) is 23.3 Å². The molecule has 3 heterocycles. The van der Waals surface area contributed by atoms with Crippen LogP contribution in [0, 0.1) is 5.92 Å². The maximum absolute atomic E-state index is 12.8. The minimum absolute atomic E-state index is 0.0843. The molecule has 0 spiro atoms. The van der Waals surface area contributed by atoms with Crippen LogP contribution >= 0.6 is 0 Å². The van der Waals surface area contributed by atoms with Crippen LogP contribution in [0.5, 0.6) is 11.5 Å². The number of rotatable bonds is 9. The standard InChI is InChI=1S/C24H27N5O5/c1-33-22-13-17(34-15-16-8-11-29(12-9-16)14-23(30)31)5-6-20(22)27-24(32)21-4-2-3-18(26-21)19-7-10-25-28-19/h2-7,10,13,16H,8-9,11-12,14-15H2,1H3,(H,25,28)(H,27,32)(H,30,31). The van der Waals surface area contributed by atoms with E-state index in [1.807, 2.05) is 4.90 Å². The van der Waals surface area contributed by atoms with E-state index in [0.717, 1.165) is 31.6 Å². The first kappa shape index (κ1) is 23.2. The maximum atomic E-state index is 12.8. The van der Waals surface area contributed by atoms with E-state index in [9.17, 15) is 9.59 Å². The van der Waals surface area contributed by atoms with E-state index in [1.165, 1.54) is 7.11 Å². The number of aromatic amines is 1. The first-order chi connectivity index (χ1) is 16.5. The number of amides is 1. The number of carboxylic acids is 1. The summed E-state index contributed by atoms with van der Waals surface area (Å²) in [6.45, 7) is 2.13. The number of ether oxygens (including phenoxy) is 2. The van der Waals surface area contributed by atoms with Gasteiger partial charge in [0.05, 0.1) is 37.3 Å². The monoisotopic (exact) mass is 465 g/mol. The first-order valence-corrected chi connectivity index (χ1v) is 11.0. The molecule has 178 valence electrons. The van der Waals surface area contributed by atoms with E-state index in [2.05, 4.69) is 20.5 Å². The van der Waals surface area contributed by atoms with Crippen LogP contribution in [0.15, 0.2) is 48.7 Å². The van der Waals surface area contributed by atoms with Gasteiger partial charge in [0.25, 0.3) is 5.91 Å². The third-order valence-corrected chi connectivity index (χ3v) is 5.73. The Hall–Kier alpha value is -3.92. The van der Waals surface area contributed by atoms with Crippen LogP contribution in [0.2, 0.25) is 0 Å². The summed E-state index contributed by atoms with van der Waals surface area (Å²) in [6, 6.07) is 12.2. The van der Waals surface area contributed by atoms with Gasteiger partial charge in [-0.15, -0.1) is 0 Å². The van der Waals surface area contributed by atoms with E-state index < -0.39 is 5.97 Å². The normalized spacial score (nSPS) is 14.5. The number of nitrogens with zero attached hydrogens (tertiary/aromatic N) is 3. The number of likely N-dealkylation sites (tertiary alicyclic amines) is 1. The Morgan fingerprint density at radius 3 is 2.74 bits per heavy atom. The Bertz CT molecular complexity index is 1130. The van der Waals surface area contributed by atoms with Gasteiger partial charge in [0.1, 0.15) is 17.2 Å². The molecule has 0 saturated carbocycles. The molecule has 1 fully saturated rings. The number of nitrogens with one attached hydrogen (secondary N) is 2. The van der Waals surface area contributed by atoms with Gasteiger partial charge in [-0.2, -0.15) is 5.10 Å². The van der Waals surface area contributed by atoms with Gasteiger partial charge in [-0.05, 0) is 62.2 Å². The zero-order valence-electron chi connectivity index (χ0n) is 18.9. The molecule has 0 radical (unpaired) electrons. The van der Waals surface area contributed by atoms with Crippen LogP contribution < -0.4 is 14.8 Å². The van der Waals surface area contributed by atoms with Crippen molar-refractivity contribution in [3.63, 3.8) is 0 Å². The van der Waals surface area contributed by atoms with Gasteiger partial charge < -0.3 is 19.9 Å². The molecule has 10 heteroatoms. The molecule has 4 rings (SSSR count). The van der Waals surface area contributed by atoms with Gasteiger partial charge in [0.15, 0.2) is 0 Å². The first-order valence-electron chi connectivity index (χ1n) is 11.0. The van der Waals surface area contributed by atoms with Gasteiger partial charge in [0, 0.05) is 12.3 Å². The third-order valence-electron chi connectivity index (χ3n) is 5.73. The van der Waals surface area contributed by atoms with Crippen molar-refractivity contribution < 1.29 is 24.2 Å². The number of carboxylic acid groups (broad SMARTS) is 1. The fourth-order valence-corrected chi connectivity index (χ4v) is 3.88. The average molecular weight is 466 g/mol. The molecule has 3 N–H and O–H groups in total. The molecule has 1 amide bonds. The summed E-state index contributed by atoms with van der Waals surface area (Å²) in [5.74, 6) is 0.328. The van der Waals surface area contributed by atoms with Crippen molar-refractivity contribution in [3.05, 3.63) is 54.4 Å². The molecule has 0 bridgehead atoms. The Morgan fingerprint density at radius 2 is 2.03 bits per heavy atom. The van der Waals surface area contributed by atoms with Crippen molar-refractivity contribution in [2.75, 3.05) is 38.7 Å². The second-order valence-electron chi connectivity index (χ2n) is 8.12. The number of benzene rings is 1. The molecule has 2 aromatic heterocycles. The maximum Gasteiger partial charge on any atom is 0.317 e. The number of piperidine rings is 1. The van der Waals surface area contributed by atoms with Crippen molar-refractivity contribution in [1.82, 2.24) is 20.1 Å². The molecule has 34 heavy (non-hydrogen) atoms. The van der Waals surface area contributed by atoms with Crippen LogP contribution in [0.3, 0.4) is 0 Å². The zero-order chi connectivity index (χ0) is 23.9. The number of aromatic nitrogens is 3. The molecule has 0 unspecified atom stereocenters. The van der Waals surface area contributed by atoms with Crippen molar-refractivity contribution in [2.24, 2.45) is 5.92 Å². The van der Waals surface area contributed by atoms with Crippen molar-refractivity contribution in [3.8, 4) is 22.9 Å². The lowest BCUT2D eigenvalue weighted by Crippen LogP contribution is -2.38. The number of carbonyl (C=O) groups is 2. The third kappa shape index (κ3) is 5.90. The highest BCUT2D eigenvalue weighted by Crippen LogP contribution is 2.30. The number of aliphatic carboxylic acids is 1. The van der Waals surface area contributed by atoms with Crippen molar-refractivity contribution in [2.45, 2.75) is 12.8 Å². The fraction of sp³-hybridized carbons (Fsp3) is 0.333. The molecule has 1 aliphatic rings. The minimum atomic E-state index is -0.796. The van der Waals surface area contributed by atoms with Crippen LogP contribution in [0.4, 0.5) is 5.69 Å². The number of H-pyrrole nitrogens is 1. The number of carbonyl (C=O) groups excluding carboxylic acids is 1. The van der Waals surface area contributed by atoms with Crippen LogP contribution in [0.25, 0.3) is 11.4 Å². The number of hydrogen-bond donors (Lipinski definition) is 3. The molecular weight excluding hydrogens is 438 g/mol. The number of anilines is 1. The summed E-state index contributed by atoms with van der Waals surface area (Å²) in [5.41, 5.74) is 2.12. The molecule has 0 atom stereocenters. The highest BCUT2D eigenvalue weighted by Gasteiger charge is 2.21. The van der Waals surface area contributed by atoms with Crippen LogP contribution in [-0.4, -0.2) is 70.4 Å². The summed E-state index contributed by atoms with van der Waals surface area (Å²) < 4.78 is 11.4. The van der Waals surface area contributed by atoms with Gasteiger partial charge in [-0.1, -0.05) is 6.07 Å². The summed E-state index contributed by atoms with van der Waals surface area (Å²) in [4.78, 5) is 30.0. The second-order valence-corrected chi connectivity index (χ2v) is 8.12. The van der Waals surface area contributed by atoms with Gasteiger partial charge >= 0.3 is 5.97 Å². The predicted octanol–water partition coefficient (Wildman–Crippen LogP) is 2.91. The quantitative estimate of drug-likeness (QED) is 0.440. The number of pyridine rings is 1. The van der Waals surface area contributed by atoms with E-state index in [0.29, 0.717) is 35.4 Å². The van der Waals surface area contributed by atoms with Crippen molar-refractivity contribution >= 4 is 17.6 Å². The summed E-state index contributed by atoms with van der Waals surface area (Å²) in [5, 5.41) is 18.5. The molecule has 3 aromatic rings. The second kappa shape index (κ2) is 10.8. The van der Waals surface area contributed by atoms with Gasteiger partial charge in [-0.3, -0.25) is 19.6 Å². The number of methoxy groups -OCH3 is 1. The van der Waals surface area contributed by atoms with Crippen molar-refractivity contribution in [1.29, 1.82) is 0 Å². The van der Waals surface area contributed by atoms with Gasteiger partial charge in [0.2, 0.25) is 0 Å². The Balaban J connectivity index is 1.35. The smallest absolute Gasteiger partial charge is 0.317 e. The largest absolute Gasteiger partial charge is 0.494 e. The molecular formula is C24H27N5O5. The van der Waals surface area contributed by atoms with E-state index in [4.69, 9.17) is 14.6 Å². The summed E-state index contributed by atoms with van der Waals surface area (Å²) >= 11 is 0. The molecule has 1 aromatic carbocycles. The lowest BCUT2D eigenvalue weighted by molar-refractivity contribution is -0.138. The molecule has 1 aliphatic heterocycles. The Labute approximate surface area is 196 Å². The molecule has 0 aliphatic carbocycles. The highest BCUT2D eigenvalue weighted by atomic mass is 16.5. The highest BCUT2D eigenvalue weighted by molar-refractivity contribution is 6.04. The minimum Gasteiger partial charge on any atom is -0.494 e. The SMILES string of the molecule is COc1cc(OCC2CCN(CC(=O)O)CC2)ccc1NC(=O)c1cccc(-c2ccn[nH]2)n1. The lowest BCUT2D eigenvalue weighted by Gasteiger charge is -2.30. The summed E-state index contributed by atoms with van der Waals surface area (Å²) in [7, 11) is 1.53. The van der Waals surface area contributed by atoms with Crippen LogP contribution in [-0.2, 0) is 4.79 Å². The summed E-state index contributed by atoms with van der Waals surface area (Å²) in [6.07, 6.45) is 3.41. The average Bonchev–Trinajstić information content (AvgIpc) is 3.39. The molecule has 10 nitrogen and oxygen atoms in total. The van der Waals surface area contributed by atoms with E-state index >= 15 is 0 Å². The lowest BCUT2D eigenvalue weighted by atomic mass is 9.98. The fourth-order valence-electron chi connectivity index (χ4n) is 3.88.